The number of hydrogen-bond donors (Lipinski definition) is 3. The summed E-state index contributed by atoms with van der Waals surface area (Å²) in [5, 5.41) is 12.9. The van der Waals surface area contributed by atoms with E-state index in [1.165, 1.54) is 0 Å². The summed E-state index contributed by atoms with van der Waals surface area (Å²) in [6.07, 6.45) is 0.710. The molecule has 19 heavy (non-hydrogen) atoms. The summed E-state index contributed by atoms with van der Waals surface area (Å²) in [5.74, 6) is -3.12. The number of methoxy groups -OCH3 is 1. The zero-order valence-electron chi connectivity index (χ0n) is 10.7. The number of aliphatic carboxylic acids is 1. The van der Waals surface area contributed by atoms with Crippen molar-refractivity contribution in [3.8, 4) is 0 Å². The molecule has 3 amide bonds. The first-order chi connectivity index (χ1) is 8.90. The Bertz CT molecular complexity index is 402. The fraction of sp³-hybridized carbons (Fsp3) is 0.455. The van der Waals surface area contributed by atoms with E-state index in [1.807, 2.05) is 12.2 Å². The first-order valence-corrected chi connectivity index (χ1v) is 5.50. The molecule has 0 aliphatic carbocycles. The molecule has 0 aromatic carbocycles. The molecule has 0 spiro atoms. The van der Waals surface area contributed by atoms with Crippen LogP contribution in [0.3, 0.4) is 0 Å². The van der Waals surface area contributed by atoms with Gasteiger partial charge in [0.2, 0.25) is 5.91 Å². The van der Waals surface area contributed by atoms with E-state index in [1.54, 1.807) is 0 Å². The average molecular weight is 272 g/mol. The summed E-state index contributed by atoms with van der Waals surface area (Å²) in [7, 11) is 1.06. The Morgan fingerprint density at radius 1 is 1.26 bits per heavy atom. The topological polar surface area (TPSA) is 122 Å². The lowest BCUT2D eigenvalue weighted by molar-refractivity contribution is -0.138. The first-order valence-electron chi connectivity index (χ1n) is 5.50. The van der Waals surface area contributed by atoms with Gasteiger partial charge in [-0.1, -0.05) is 6.92 Å². The quantitative estimate of drug-likeness (QED) is 0.454. The van der Waals surface area contributed by atoms with Crippen molar-refractivity contribution < 1.29 is 29.0 Å². The van der Waals surface area contributed by atoms with Crippen LogP contribution in [0.1, 0.15) is 19.8 Å². The van der Waals surface area contributed by atoms with Gasteiger partial charge in [0.15, 0.2) is 0 Å². The highest BCUT2D eigenvalue weighted by Crippen LogP contribution is 2.03. The minimum absolute atomic E-state index is 0.351. The number of imide groups is 1. The number of ether oxygens (including phenoxy) is 1. The van der Waals surface area contributed by atoms with Crippen LogP contribution in [-0.4, -0.2) is 42.6 Å². The summed E-state index contributed by atoms with van der Waals surface area (Å²) in [4.78, 5) is 44.3. The molecule has 0 fully saturated rings. The van der Waals surface area contributed by atoms with Gasteiger partial charge in [-0.3, -0.25) is 10.1 Å². The van der Waals surface area contributed by atoms with Crippen molar-refractivity contribution in [2.75, 3.05) is 13.7 Å². The SMILES string of the molecule is CCCNC(=O)NC(=O)C/C(=C\C(=O)O)C(=O)OC. The van der Waals surface area contributed by atoms with E-state index < -0.39 is 30.3 Å². The van der Waals surface area contributed by atoms with Gasteiger partial charge in [0.25, 0.3) is 0 Å². The first kappa shape index (κ1) is 16.6. The molecule has 106 valence electrons. The summed E-state index contributed by atoms with van der Waals surface area (Å²) in [6, 6.07) is -0.702. The predicted octanol–water partition coefficient (Wildman–Crippen LogP) is -0.204. The van der Waals surface area contributed by atoms with Gasteiger partial charge in [0, 0.05) is 12.6 Å². The molecular weight excluding hydrogens is 256 g/mol. The number of carbonyl (C=O) groups is 4. The third-order valence-corrected chi connectivity index (χ3v) is 1.88. The molecule has 0 saturated carbocycles. The number of urea groups is 1. The van der Waals surface area contributed by atoms with Crippen LogP contribution in [0.4, 0.5) is 4.79 Å². The molecule has 0 saturated heterocycles. The van der Waals surface area contributed by atoms with E-state index in [2.05, 4.69) is 10.1 Å². The molecule has 0 bridgehead atoms. The van der Waals surface area contributed by atoms with Crippen molar-refractivity contribution in [2.45, 2.75) is 19.8 Å². The third kappa shape index (κ3) is 7.53. The Balaban J connectivity index is 4.52. The zero-order chi connectivity index (χ0) is 14.8. The van der Waals surface area contributed by atoms with Crippen molar-refractivity contribution in [2.24, 2.45) is 0 Å². The van der Waals surface area contributed by atoms with Crippen LogP contribution in [0.2, 0.25) is 0 Å². The number of rotatable bonds is 6. The number of hydrogen-bond acceptors (Lipinski definition) is 5. The van der Waals surface area contributed by atoms with Crippen LogP contribution in [0, 0.1) is 0 Å². The van der Waals surface area contributed by atoms with Gasteiger partial charge in [0.1, 0.15) is 0 Å². The van der Waals surface area contributed by atoms with Crippen molar-refractivity contribution in [3.63, 3.8) is 0 Å². The molecule has 0 aliphatic heterocycles. The molecule has 0 rings (SSSR count). The Morgan fingerprint density at radius 2 is 1.89 bits per heavy atom. The standard InChI is InChI=1S/C11H16N2O6/c1-3-4-12-11(18)13-8(14)5-7(6-9(15)16)10(17)19-2/h6H,3-5H2,1-2H3,(H,15,16)(H2,12,13,14,18)/b7-6+. The Morgan fingerprint density at radius 3 is 2.37 bits per heavy atom. The van der Waals surface area contributed by atoms with E-state index in [-0.39, 0.29) is 5.57 Å². The van der Waals surface area contributed by atoms with Crippen molar-refractivity contribution in [3.05, 3.63) is 11.6 Å². The summed E-state index contributed by atoms with van der Waals surface area (Å²) >= 11 is 0. The number of carbonyl (C=O) groups excluding carboxylic acids is 3. The second-order valence-corrected chi connectivity index (χ2v) is 3.48. The fourth-order valence-corrected chi connectivity index (χ4v) is 1.09. The van der Waals surface area contributed by atoms with Crippen molar-refractivity contribution in [1.82, 2.24) is 10.6 Å². The van der Waals surface area contributed by atoms with Gasteiger partial charge in [0.05, 0.1) is 19.1 Å². The monoisotopic (exact) mass is 272 g/mol. The zero-order valence-corrected chi connectivity index (χ0v) is 10.7. The predicted molar refractivity (Wildman–Crippen MR) is 64.2 cm³/mol. The summed E-state index contributed by atoms with van der Waals surface area (Å²) < 4.78 is 4.33. The largest absolute Gasteiger partial charge is 0.478 e. The lowest BCUT2D eigenvalue weighted by Gasteiger charge is -2.06. The van der Waals surface area contributed by atoms with Crippen molar-refractivity contribution >= 4 is 23.9 Å². The highest BCUT2D eigenvalue weighted by atomic mass is 16.5. The van der Waals surface area contributed by atoms with Gasteiger partial charge < -0.3 is 15.2 Å². The van der Waals surface area contributed by atoms with E-state index in [9.17, 15) is 19.2 Å². The molecule has 0 aromatic rings. The third-order valence-electron chi connectivity index (χ3n) is 1.88. The van der Waals surface area contributed by atoms with Gasteiger partial charge in [-0.2, -0.15) is 0 Å². The van der Waals surface area contributed by atoms with Crippen LogP contribution in [0.5, 0.6) is 0 Å². The Labute approximate surface area is 109 Å². The van der Waals surface area contributed by atoms with E-state index in [0.717, 1.165) is 7.11 Å². The maximum absolute atomic E-state index is 11.4. The molecule has 0 atom stereocenters. The lowest BCUT2D eigenvalue weighted by Crippen LogP contribution is -2.40. The van der Waals surface area contributed by atoms with Gasteiger partial charge >= 0.3 is 18.0 Å². The molecule has 0 heterocycles. The van der Waals surface area contributed by atoms with Crippen LogP contribution in [0.25, 0.3) is 0 Å². The average Bonchev–Trinajstić information content (AvgIpc) is 2.33. The second-order valence-electron chi connectivity index (χ2n) is 3.48. The number of nitrogens with one attached hydrogen (secondary N) is 2. The molecule has 8 nitrogen and oxygen atoms in total. The molecule has 8 heteroatoms. The van der Waals surface area contributed by atoms with Crippen LogP contribution >= 0.6 is 0 Å². The van der Waals surface area contributed by atoms with E-state index >= 15 is 0 Å². The van der Waals surface area contributed by atoms with Crippen molar-refractivity contribution in [1.29, 1.82) is 0 Å². The summed E-state index contributed by atoms with van der Waals surface area (Å²) in [6.45, 7) is 2.24. The number of esters is 1. The van der Waals surface area contributed by atoms with E-state index in [0.29, 0.717) is 19.0 Å². The van der Waals surface area contributed by atoms with Crippen LogP contribution < -0.4 is 10.6 Å². The fourth-order valence-electron chi connectivity index (χ4n) is 1.09. The maximum Gasteiger partial charge on any atom is 0.334 e. The Kier molecular flexibility index (Phi) is 7.59. The molecule has 0 unspecified atom stereocenters. The molecule has 0 aromatic heterocycles. The Hall–Kier alpha value is -2.38. The summed E-state index contributed by atoms with van der Waals surface area (Å²) in [5.41, 5.74) is -0.351. The molecule has 0 radical (unpaired) electrons. The highest BCUT2D eigenvalue weighted by Gasteiger charge is 2.17. The number of amides is 3. The smallest absolute Gasteiger partial charge is 0.334 e. The van der Waals surface area contributed by atoms with Gasteiger partial charge in [-0.05, 0) is 6.42 Å². The normalized spacial score (nSPS) is 10.5. The van der Waals surface area contributed by atoms with Gasteiger partial charge in [-0.15, -0.1) is 0 Å². The molecule has 3 N–H and O–H groups in total. The number of carboxylic acids is 1. The van der Waals surface area contributed by atoms with E-state index in [4.69, 9.17) is 5.11 Å². The minimum Gasteiger partial charge on any atom is -0.478 e. The van der Waals surface area contributed by atoms with Gasteiger partial charge in [-0.25, -0.2) is 14.4 Å². The van der Waals surface area contributed by atoms with Crippen LogP contribution in [0.15, 0.2) is 11.6 Å². The second kappa shape index (κ2) is 8.67. The highest BCUT2D eigenvalue weighted by molar-refractivity contribution is 6.03. The molecular formula is C11H16N2O6. The lowest BCUT2D eigenvalue weighted by atomic mass is 10.1. The van der Waals surface area contributed by atoms with Crippen LogP contribution in [-0.2, 0) is 19.1 Å². The molecule has 0 aliphatic rings. The maximum atomic E-state index is 11.4. The number of carboxylic acid groups (broad SMARTS) is 1. The minimum atomic E-state index is -1.39.